The minimum atomic E-state index is -1.33. The molecule has 2 heterocycles. The zero-order valence-electron chi connectivity index (χ0n) is 16.0. The summed E-state index contributed by atoms with van der Waals surface area (Å²) in [5.74, 6) is -1.79. The van der Waals surface area contributed by atoms with Crippen molar-refractivity contribution < 1.29 is 14.3 Å². The van der Waals surface area contributed by atoms with Crippen molar-refractivity contribution in [1.29, 1.82) is 0 Å². The number of benzene rings is 1. The van der Waals surface area contributed by atoms with Crippen LogP contribution in [0.4, 0.5) is 15.8 Å². The van der Waals surface area contributed by atoms with Crippen LogP contribution in [0, 0.1) is 18.7 Å². The van der Waals surface area contributed by atoms with Crippen molar-refractivity contribution in [2.24, 2.45) is 11.7 Å². The maximum Gasteiger partial charge on any atom is 0.341 e. The van der Waals surface area contributed by atoms with Crippen LogP contribution in [0.15, 0.2) is 11.0 Å². The Balaban J connectivity index is 2.02. The van der Waals surface area contributed by atoms with E-state index in [0.717, 1.165) is 19.3 Å². The molecule has 1 aromatic heterocycles. The van der Waals surface area contributed by atoms with E-state index in [1.807, 2.05) is 11.8 Å². The fraction of sp³-hybridized carbons (Fsp3) is 0.500. The molecule has 1 aliphatic carbocycles. The van der Waals surface area contributed by atoms with E-state index in [2.05, 4.69) is 0 Å². The largest absolute Gasteiger partial charge is 0.477 e. The van der Waals surface area contributed by atoms with Crippen molar-refractivity contribution in [2.45, 2.75) is 45.2 Å². The average molecular weight is 388 g/mol. The maximum atomic E-state index is 15.4. The Morgan fingerprint density at radius 2 is 2.00 bits per heavy atom. The van der Waals surface area contributed by atoms with Gasteiger partial charge in [0.15, 0.2) is 5.82 Å². The normalized spacial score (nSPS) is 22.6. The summed E-state index contributed by atoms with van der Waals surface area (Å²) in [6, 6.07) is 0.173. The second-order valence-electron chi connectivity index (χ2n) is 8.12. The highest BCUT2D eigenvalue weighted by atomic mass is 19.1. The molecule has 150 valence electrons. The molecule has 7 nitrogen and oxygen atoms in total. The number of nitrogen functional groups attached to an aromatic ring is 1. The number of carboxylic acids is 1. The fourth-order valence-electron chi connectivity index (χ4n) is 4.31. The molecule has 2 aliphatic rings. The lowest BCUT2D eigenvalue weighted by atomic mass is 9.93. The van der Waals surface area contributed by atoms with E-state index in [0.29, 0.717) is 29.9 Å². The van der Waals surface area contributed by atoms with Gasteiger partial charge in [0.25, 0.3) is 0 Å². The highest BCUT2D eigenvalue weighted by Gasteiger charge is 2.33. The van der Waals surface area contributed by atoms with Gasteiger partial charge in [0.2, 0.25) is 5.43 Å². The van der Waals surface area contributed by atoms with E-state index >= 15 is 4.39 Å². The van der Waals surface area contributed by atoms with Gasteiger partial charge in [0.05, 0.1) is 22.3 Å². The van der Waals surface area contributed by atoms with Crippen molar-refractivity contribution in [1.82, 2.24) is 4.57 Å². The van der Waals surface area contributed by atoms with Gasteiger partial charge in [-0.15, -0.1) is 0 Å². The predicted molar refractivity (Wildman–Crippen MR) is 107 cm³/mol. The third-order valence-electron chi connectivity index (χ3n) is 6.12. The molecule has 28 heavy (non-hydrogen) atoms. The van der Waals surface area contributed by atoms with Crippen LogP contribution in [0.3, 0.4) is 0 Å². The monoisotopic (exact) mass is 388 g/mol. The molecule has 0 unspecified atom stereocenters. The van der Waals surface area contributed by atoms with Crippen molar-refractivity contribution in [3.05, 3.63) is 33.4 Å². The van der Waals surface area contributed by atoms with E-state index in [9.17, 15) is 14.7 Å². The van der Waals surface area contributed by atoms with Crippen LogP contribution >= 0.6 is 0 Å². The third-order valence-corrected chi connectivity index (χ3v) is 6.12. The SMILES string of the molecule is Cc1c(N2CC[C@@H](N)[C@H](C)C2)c(F)c(N)c2c(=O)c(C(=O)O)cn(C3CC3)c12. The summed E-state index contributed by atoms with van der Waals surface area (Å²) >= 11 is 0. The zero-order valence-corrected chi connectivity index (χ0v) is 16.0. The first-order chi connectivity index (χ1) is 13.2. The summed E-state index contributed by atoms with van der Waals surface area (Å²) in [6.07, 6.45) is 3.90. The molecule has 2 atom stereocenters. The Hall–Kier alpha value is -2.61. The Morgan fingerprint density at radius 1 is 1.32 bits per heavy atom. The second kappa shape index (κ2) is 6.48. The number of aryl methyl sites for hydroxylation is 1. The molecule has 0 spiro atoms. The standard InChI is InChI=1S/C20H25FN4O3/c1-9-7-24(6-5-13(9)22)18-10(2)17-14(16(23)15(18)21)19(26)12(20(27)28)8-25(17)11-3-4-11/h8-9,11,13H,3-7,22-23H2,1-2H3,(H,27,28)/t9-,13-/m1/s1. The summed E-state index contributed by atoms with van der Waals surface area (Å²) in [5, 5.41) is 9.39. The van der Waals surface area contributed by atoms with Gasteiger partial charge in [-0.25, -0.2) is 9.18 Å². The number of hydrogen-bond acceptors (Lipinski definition) is 5. The number of rotatable bonds is 3. The highest BCUT2D eigenvalue weighted by Crippen LogP contribution is 2.42. The molecule has 2 aromatic rings. The van der Waals surface area contributed by atoms with Crippen LogP contribution in [0.2, 0.25) is 0 Å². The summed E-state index contributed by atoms with van der Waals surface area (Å²) < 4.78 is 17.2. The van der Waals surface area contributed by atoms with Gasteiger partial charge in [0.1, 0.15) is 5.56 Å². The van der Waals surface area contributed by atoms with Gasteiger partial charge in [-0.3, -0.25) is 4.79 Å². The Morgan fingerprint density at radius 3 is 2.57 bits per heavy atom. The lowest BCUT2D eigenvalue weighted by Crippen LogP contribution is -2.46. The van der Waals surface area contributed by atoms with Gasteiger partial charge in [0, 0.05) is 31.4 Å². The zero-order chi connectivity index (χ0) is 20.3. The first-order valence-electron chi connectivity index (χ1n) is 9.62. The van der Waals surface area contributed by atoms with Gasteiger partial charge < -0.3 is 26.0 Å². The molecule has 5 N–H and O–H groups in total. The molecule has 0 bridgehead atoms. The van der Waals surface area contributed by atoms with Crippen LogP contribution in [0.1, 0.15) is 48.1 Å². The minimum absolute atomic E-state index is 0.0349. The van der Waals surface area contributed by atoms with Gasteiger partial charge in [-0.05, 0) is 37.7 Å². The molecule has 2 fully saturated rings. The Bertz CT molecular complexity index is 1040. The van der Waals surface area contributed by atoms with E-state index in [4.69, 9.17) is 11.5 Å². The molecule has 1 saturated carbocycles. The van der Waals surface area contributed by atoms with Gasteiger partial charge in [-0.2, -0.15) is 0 Å². The average Bonchev–Trinajstić information content (AvgIpc) is 3.47. The number of carboxylic acid groups (broad SMARTS) is 1. The molecule has 0 amide bonds. The van der Waals surface area contributed by atoms with Crippen molar-refractivity contribution in [2.75, 3.05) is 23.7 Å². The smallest absolute Gasteiger partial charge is 0.341 e. The molecule has 0 radical (unpaired) electrons. The third kappa shape index (κ3) is 2.74. The van der Waals surface area contributed by atoms with Crippen molar-refractivity contribution >= 4 is 28.2 Å². The molecular weight excluding hydrogens is 363 g/mol. The summed E-state index contributed by atoms with van der Waals surface area (Å²) in [5.41, 5.74) is 12.3. The van der Waals surface area contributed by atoms with Crippen LogP contribution in [0.5, 0.6) is 0 Å². The first kappa shape index (κ1) is 18.7. The van der Waals surface area contributed by atoms with E-state index < -0.39 is 17.2 Å². The number of aromatic carboxylic acids is 1. The molecular formula is C20H25FN4O3. The summed E-state index contributed by atoms with van der Waals surface area (Å²) in [7, 11) is 0. The molecule has 1 saturated heterocycles. The van der Waals surface area contributed by atoms with Gasteiger partial charge in [-0.1, -0.05) is 6.92 Å². The van der Waals surface area contributed by atoms with Gasteiger partial charge >= 0.3 is 5.97 Å². The van der Waals surface area contributed by atoms with Crippen molar-refractivity contribution in [3.8, 4) is 0 Å². The van der Waals surface area contributed by atoms with E-state index in [-0.39, 0.29) is 34.6 Å². The van der Waals surface area contributed by atoms with Crippen LogP contribution in [-0.4, -0.2) is 34.8 Å². The lowest BCUT2D eigenvalue weighted by Gasteiger charge is -2.38. The van der Waals surface area contributed by atoms with E-state index in [1.165, 1.54) is 6.20 Å². The number of anilines is 2. The summed E-state index contributed by atoms with van der Waals surface area (Å²) in [6.45, 7) is 5.02. The Kier molecular flexibility index (Phi) is 4.33. The fourth-order valence-corrected chi connectivity index (χ4v) is 4.31. The van der Waals surface area contributed by atoms with Crippen LogP contribution in [0.25, 0.3) is 10.9 Å². The summed E-state index contributed by atoms with van der Waals surface area (Å²) in [4.78, 5) is 26.3. The number of fused-ring (bicyclic) bond motifs is 1. The lowest BCUT2D eigenvalue weighted by molar-refractivity contribution is 0.0695. The van der Waals surface area contributed by atoms with E-state index in [1.54, 1.807) is 11.5 Å². The van der Waals surface area contributed by atoms with Crippen molar-refractivity contribution in [3.63, 3.8) is 0 Å². The molecule has 1 aromatic carbocycles. The molecule has 8 heteroatoms. The number of aromatic nitrogens is 1. The molecule has 4 rings (SSSR count). The predicted octanol–water partition coefficient (Wildman–Crippen LogP) is 2.24. The topological polar surface area (TPSA) is 115 Å². The Labute approximate surface area is 161 Å². The number of carbonyl (C=O) groups is 1. The number of hydrogen-bond donors (Lipinski definition) is 3. The maximum absolute atomic E-state index is 15.4. The number of nitrogens with two attached hydrogens (primary N) is 2. The van der Waals surface area contributed by atoms with Crippen LogP contribution < -0.4 is 21.8 Å². The van der Waals surface area contributed by atoms with Crippen LogP contribution in [-0.2, 0) is 0 Å². The second-order valence-corrected chi connectivity index (χ2v) is 8.12. The number of halogens is 1. The minimum Gasteiger partial charge on any atom is -0.477 e. The quantitative estimate of drug-likeness (QED) is 0.695. The number of nitrogens with zero attached hydrogens (tertiary/aromatic N) is 2. The highest BCUT2D eigenvalue weighted by molar-refractivity contribution is 6.01. The molecule has 1 aliphatic heterocycles. The first-order valence-corrected chi connectivity index (χ1v) is 9.62. The number of piperidine rings is 1. The number of pyridine rings is 1.